The van der Waals surface area contributed by atoms with Crippen molar-refractivity contribution in [3.63, 3.8) is 0 Å². The molecule has 0 bridgehead atoms. The van der Waals surface area contributed by atoms with Gasteiger partial charge in [0, 0.05) is 41.8 Å². The van der Waals surface area contributed by atoms with Gasteiger partial charge in [0.2, 0.25) is 0 Å². The first kappa shape index (κ1) is 20.7. The highest BCUT2D eigenvalue weighted by molar-refractivity contribution is 6.00. The number of esters is 1. The number of fused-ring (bicyclic) bond motifs is 5. The monoisotopic (exact) mass is 427 g/mol. The summed E-state index contributed by atoms with van der Waals surface area (Å²) in [5.74, 6) is 1.13. The molecule has 0 unspecified atom stereocenters. The average Bonchev–Trinajstić information content (AvgIpc) is 3.26. The second kappa shape index (κ2) is 6.39. The van der Waals surface area contributed by atoms with Crippen molar-refractivity contribution in [2.45, 2.75) is 85.0 Å². The maximum Gasteiger partial charge on any atom is 0.302 e. The third-order valence-electron chi connectivity index (χ3n) is 9.24. The van der Waals surface area contributed by atoms with Crippen LogP contribution in [-0.4, -0.2) is 28.7 Å². The van der Waals surface area contributed by atoms with Gasteiger partial charge >= 0.3 is 5.97 Å². The van der Waals surface area contributed by atoms with E-state index >= 15 is 0 Å². The normalized spacial score (nSPS) is 37.5. The fourth-order valence-corrected chi connectivity index (χ4v) is 7.59. The second-order valence-electron chi connectivity index (χ2n) is 11.0. The summed E-state index contributed by atoms with van der Waals surface area (Å²) >= 11 is 0. The summed E-state index contributed by atoms with van der Waals surface area (Å²) in [4.78, 5) is 24.0. The van der Waals surface area contributed by atoms with E-state index in [1.165, 1.54) is 6.92 Å². The first-order valence-corrected chi connectivity index (χ1v) is 11.5. The van der Waals surface area contributed by atoms with Crippen molar-refractivity contribution >= 4 is 11.9 Å². The van der Waals surface area contributed by atoms with Crippen LogP contribution in [0.3, 0.4) is 0 Å². The number of nitrogens with one attached hydrogen (secondary N) is 1. The first-order valence-electron chi connectivity index (χ1n) is 11.5. The molecule has 31 heavy (non-hydrogen) atoms. The van der Waals surface area contributed by atoms with Crippen LogP contribution < -0.4 is 10.1 Å². The van der Waals surface area contributed by atoms with E-state index in [4.69, 9.17) is 9.47 Å². The number of ether oxygens (including phenoxy) is 2. The van der Waals surface area contributed by atoms with Crippen LogP contribution in [0.1, 0.15) is 81.8 Å². The molecule has 6 nitrogen and oxygen atoms in total. The Bertz CT molecular complexity index is 985. The van der Waals surface area contributed by atoms with Gasteiger partial charge in [0.15, 0.2) is 0 Å². The molecule has 168 valence electrons. The molecule has 1 spiro atoms. The quantitative estimate of drug-likeness (QED) is 0.659. The van der Waals surface area contributed by atoms with E-state index in [0.29, 0.717) is 36.1 Å². The number of aromatic hydroxyl groups is 1. The Kier molecular flexibility index (Phi) is 4.26. The SMILES string of the molecule is CC(=O)O[C@@H]1CC[C@@]2(C)[C@@H](CC[C@H](C)[C@]23Cc2c(O)cc4c(c2O3)CNC4=O)C1(C)C. The van der Waals surface area contributed by atoms with Gasteiger partial charge in [-0.25, -0.2) is 0 Å². The van der Waals surface area contributed by atoms with Crippen molar-refractivity contribution in [1.82, 2.24) is 5.32 Å². The van der Waals surface area contributed by atoms with Gasteiger partial charge in [0.1, 0.15) is 23.2 Å². The topological polar surface area (TPSA) is 84.9 Å². The minimum absolute atomic E-state index is 0.100. The number of rotatable bonds is 1. The third-order valence-corrected chi connectivity index (χ3v) is 9.24. The Morgan fingerprint density at radius 2 is 1.97 bits per heavy atom. The van der Waals surface area contributed by atoms with Crippen LogP contribution in [0.25, 0.3) is 0 Å². The molecule has 1 aromatic carbocycles. The van der Waals surface area contributed by atoms with Crippen molar-refractivity contribution in [2.24, 2.45) is 22.7 Å². The fourth-order valence-electron chi connectivity index (χ4n) is 7.59. The van der Waals surface area contributed by atoms with Crippen molar-refractivity contribution < 1.29 is 24.2 Å². The van der Waals surface area contributed by atoms with Crippen LogP contribution in [0, 0.1) is 22.7 Å². The lowest BCUT2D eigenvalue weighted by Crippen LogP contribution is -2.67. The van der Waals surface area contributed by atoms with Gasteiger partial charge in [-0.1, -0.05) is 27.7 Å². The van der Waals surface area contributed by atoms with E-state index in [-0.39, 0.29) is 34.6 Å². The summed E-state index contributed by atoms with van der Waals surface area (Å²) < 4.78 is 12.7. The summed E-state index contributed by atoms with van der Waals surface area (Å²) in [5.41, 5.74) is 1.47. The molecule has 0 saturated heterocycles. The van der Waals surface area contributed by atoms with Gasteiger partial charge in [0.05, 0.1) is 5.56 Å². The van der Waals surface area contributed by atoms with Crippen LogP contribution in [0.2, 0.25) is 0 Å². The van der Waals surface area contributed by atoms with Crippen LogP contribution in [-0.2, 0) is 22.5 Å². The number of amides is 1. The van der Waals surface area contributed by atoms with Crippen LogP contribution in [0.15, 0.2) is 6.07 Å². The maximum absolute atomic E-state index is 12.2. The average molecular weight is 428 g/mol. The lowest BCUT2D eigenvalue weighted by Gasteiger charge is -2.64. The molecule has 4 aliphatic rings. The third kappa shape index (κ3) is 2.56. The highest BCUT2D eigenvalue weighted by atomic mass is 16.5. The van der Waals surface area contributed by atoms with Crippen molar-refractivity contribution in [1.29, 1.82) is 0 Å². The Morgan fingerprint density at radius 3 is 2.68 bits per heavy atom. The number of phenolic OH excluding ortho intramolecular Hbond substituents is 1. The van der Waals surface area contributed by atoms with Crippen molar-refractivity contribution in [3.05, 3.63) is 22.8 Å². The summed E-state index contributed by atoms with van der Waals surface area (Å²) in [6, 6.07) is 1.60. The zero-order valence-electron chi connectivity index (χ0n) is 19.1. The van der Waals surface area contributed by atoms with E-state index in [0.717, 1.165) is 36.8 Å². The number of benzene rings is 1. The molecule has 0 aromatic heterocycles. The molecule has 2 aliphatic heterocycles. The Balaban J connectivity index is 1.59. The predicted octanol–water partition coefficient (Wildman–Crippen LogP) is 4.11. The van der Waals surface area contributed by atoms with Gasteiger partial charge in [-0.05, 0) is 43.6 Å². The Hall–Kier alpha value is -2.24. The summed E-state index contributed by atoms with van der Waals surface area (Å²) in [6.45, 7) is 11.0. The Morgan fingerprint density at radius 1 is 1.23 bits per heavy atom. The molecule has 2 saturated carbocycles. The lowest BCUT2D eigenvalue weighted by atomic mass is 9.43. The molecule has 2 aliphatic carbocycles. The van der Waals surface area contributed by atoms with Crippen LogP contribution in [0.4, 0.5) is 0 Å². The second-order valence-corrected chi connectivity index (χ2v) is 11.0. The molecule has 6 heteroatoms. The van der Waals surface area contributed by atoms with Gasteiger partial charge in [-0.2, -0.15) is 0 Å². The minimum atomic E-state index is -0.449. The van der Waals surface area contributed by atoms with Gasteiger partial charge in [-0.3, -0.25) is 9.59 Å². The van der Waals surface area contributed by atoms with Gasteiger partial charge in [0.25, 0.3) is 5.91 Å². The molecule has 0 radical (unpaired) electrons. The fraction of sp³-hybridized carbons (Fsp3) is 0.680. The number of hydrogen-bond donors (Lipinski definition) is 2. The lowest BCUT2D eigenvalue weighted by molar-refractivity contribution is -0.218. The molecule has 2 N–H and O–H groups in total. The zero-order chi connectivity index (χ0) is 22.3. The van der Waals surface area contributed by atoms with E-state index in [1.807, 2.05) is 0 Å². The summed E-state index contributed by atoms with van der Waals surface area (Å²) in [7, 11) is 0. The van der Waals surface area contributed by atoms with E-state index in [1.54, 1.807) is 6.07 Å². The zero-order valence-corrected chi connectivity index (χ0v) is 19.1. The standard InChI is InChI=1S/C25H33NO5/c1-13-6-7-19-23(3,4)20(30-14(2)27)8-9-24(19,5)25(13)11-16-18(28)10-15-17(21(16)31-25)12-26-22(15)29/h10,13,19-20,28H,6-9,11-12H2,1-5H3,(H,26,29)/t13-,19-,20+,24-,25+/m0/s1. The van der Waals surface area contributed by atoms with Gasteiger partial charge < -0.3 is 19.9 Å². The molecular weight excluding hydrogens is 394 g/mol. The van der Waals surface area contributed by atoms with E-state index in [2.05, 4.69) is 33.0 Å². The largest absolute Gasteiger partial charge is 0.508 e. The molecule has 1 aromatic rings. The molecular formula is C25H33NO5. The van der Waals surface area contributed by atoms with Crippen molar-refractivity contribution in [2.75, 3.05) is 0 Å². The maximum atomic E-state index is 12.2. The minimum Gasteiger partial charge on any atom is -0.508 e. The van der Waals surface area contributed by atoms with E-state index in [9.17, 15) is 14.7 Å². The molecule has 5 rings (SSSR count). The predicted molar refractivity (Wildman–Crippen MR) is 115 cm³/mol. The van der Waals surface area contributed by atoms with Crippen LogP contribution in [0.5, 0.6) is 11.5 Å². The highest BCUT2D eigenvalue weighted by Gasteiger charge is 2.67. The molecule has 5 atom stereocenters. The summed E-state index contributed by atoms with van der Waals surface area (Å²) in [6.07, 6.45) is 4.34. The molecule has 2 heterocycles. The number of carbonyl (C=O) groups excluding carboxylic acids is 2. The van der Waals surface area contributed by atoms with E-state index < -0.39 is 5.60 Å². The first-order chi connectivity index (χ1) is 14.5. The highest BCUT2D eigenvalue weighted by Crippen LogP contribution is 2.67. The Labute approximate surface area is 183 Å². The van der Waals surface area contributed by atoms with Crippen LogP contribution >= 0.6 is 0 Å². The number of carbonyl (C=O) groups is 2. The molecule has 1 amide bonds. The van der Waals surface area contributed by atoms with Crippen molar-refractivity contribution in [3.8, 4) is 11.5 Å². The molecule has 2 fully saturated rings. The smallest absolute Gasteiger partial charge is 0.302 e. The van der Waals surface area contributed by atoms with Gasteiger partial charge in [-0.15, -0.1) is 0 Å². The number of hydrogen-bond acceptors (Lipinski definition) is 5. The summed E-state index contributed by atoms with van der Waals surface area (Å²) in [5, 5.41) is 13.7. The number of phenols is 1.